The van der Waals surface area contributed by atoms with Gasteiger partial charge in [-0.05, 0) is 0 Å². The van der Waals surface area contributed by atoms with Crippen molar-refractivity contribution in [1.29, 1.82) is 0 Å². The van der Waals surface area contributed by atoms with Crippen molar-refractivity contribution in [3.63, 3.8) is 0 Å². The molecule has 0 radical (unpaired) electrons. The molecule has 4 nitrogen and oxygen atoms in total. The number of rotatable bonds is 5. The molecule has 0 aromatic heterocycles. The van der Waals surface area contributed by atoms with Gasteiger partial charge in [-0.3, -0.25) is 0 Å². The Morgan fingerprint density at radius 2 is 1.38 bits per heavy atom. The van der Waals surface area contributed by atoms with E-state index in [4.69, 9.17) is 18.9 Å². The topological polar surface area (TPSA) is 36.9 Å². The molecule has 2 aromatic carbocycles. The van der Waals surface area contributed by atoms with Crippen molar-refractivity contribution in [3.05, 3.63) is 30.3 Å². The molecule has 0 bridgehead atoms. The number of benzene rings is 2. The van der Waals surface area contributed by atoms with E-state index in [1.807, 2.05) is 30.3 Å². The molecule has 0 N–H and O–H groups in total. The normalized spacial score (nSPS) is 10.1. The zero-order valence-corrected chi connectivity index (χ0v) is 14.3. The van der Waals surface area contributed by atoms with Crippen LogP contribution in [0.5, 0.6) is 23.0 Å². The van der Waals surface area contributed by atoms with E-state index < -0.39 is 0 Å². The number of ether oxygens (including phenoxy) is 4. The van der Waals surface area contributed by atoms with Gasteiger partial charge in [0.1, 0.15) is 0 Å². The van der Waals surface area contributed by atoms with Crippen LogP contribution in [0.1, 0.15) is 0 Å². The Bertz CT molecular complexity index is 615. The zero-order chi connectivity index (χ0) is 15.4. The van der Waals surface area contributed by atoms with Crippen LogP contribution in [0, 0.1) is 0 Å². The fourth-order valence-electron chi connectivity index (χ4n) is 2.11. The minimum atomic E-state index is 0.582. The second-order valence-corrected chi connectivity index (χ2v) is 5.31. The summed E-state index contributed by atoms with van der Waals surface area (Å²) in [6.07, 6.45) is 0. The Kier molecular flexibility index (Phi) is 4.99. The monoisotopic (exact) mass is 354 g/mol. The van der Waals surface area contributed by atoms with Crippen LogP contribution in [0.15, 0.2) is 30.3 Å². The maximum atomic E-state index is 5.40. The van der Waals surface area contributed by atoms with Crippen LogP contribution in [-0.2, 0) is 0 Å². The molecule has 0 saturated carbocycles. The van der Waals surface area contributed by atoms with Gasteiger partial charge in [0, 0.05) is 0 Å². The Hall–Kier alpha value is -1.84. The van der Waals surface area contributed by atoms with Crippen LogP contribution in [-0.4, -0.2) is 44.5 Å². The molecule has 0 fully saturated rings. The molecule has 0 aliphatic rings. The van der Waals surface area contributed by atoms with Crippen LogP contribution in [0.4, 0.5) is 0 Å². The minimum absolute atomic E-state index is 0.582. The summed E-state index contributed by atoms with van der Waals surface area (Å²) < 4.78 is 22.5. The van der Waals surface area contributed by atoms with Crippen molar-refractivity contribution in [2.24, 2.45) is 0 Å². The van der Waals surface area contributed by atoms with Crippen LogP contribution in [0.3, 0.4) is 0 Å². The van der Waals surface area contributed by atoms with Gasteiger partial charge in [0.2, 0.25) is 0 Å². The SMILES string of the molecule is COc1ccc([SeH])c(-c2cc(OC)c(OC)c(OC)c2)c1. The maximum absolute atomic E-state index is 5.40. The predicted octanol–water partition coefficient (Wildman–Crippen LogP) is 1.91. The van der Waals surface area contributed by atoms with Crippen LogP contribution in [0.2, 0.25) is 0 Å². The van der Waals surface area contributed by atoms with Gasteiger partial charge in [0.15, 0.2) is 0 Å². The van der Waals surface area contributed by atoms with E-state index in [2.05, 4.69) is 16.0 Å². The molecule has 2 aromatic rings. The molecule has 21 heavy (non-hydrogen) atoms. The molecule has 5 heteroatoms. The second kappa shape index (κ2) is 6.74. The molecule has 0 heterocycles. The van der Waals surface area contributed by atoms with Gasteiger partial charge >= 0.3 is 132 Å². The first-order chi connectivity index (χ1) is 10.1. The van der Waals surface area contributed by atoms with Crippen molar-refractivity contribution in [1.82, 2.24) is 0 Å². The fourth-order valence-corrected chi connectivity index (χ4v) is 2.67. The molecule has 0 atom stereocenters. The molecule has 0 saturated heterocycles. The van der Waals surface area contributed by atoms with Crippen molar-refractivity contribution >= 4 is 20.5 Å². The van der Waals surface area contributed by atoms with Gasteiger partial charge in [-0.15, -0.1) is 0 Å². The Morgan fingerprint density at radius 1 is 0.762 bits per heavy atom. The Labute approximate surface area is 132 Å². The van der Waals surface area contributed by atoms with Gasteiger partial charge in [-0.1, -0.05) is 0 Å². The quantitative estimate of drug-likeness (QED) is 0.770. The molecule has 0 aliphatic heterocycles. The van der Waals surface area contributed by atoms with E-state index in [0.29, 0.717) is 17.2 Å². The third kappa shape index (κ3) is 3.09. The summed E-state index contributed by atoms with van der Waals surface area (Å²) in [4.78, 5) is 0. The Balaban J connectivity index is 2.64. The third-order valence-electron chi connectivity index (χ3n) is 3.18. The van der Waals surface area contributed by atoms with Crippen molar-refractivity contribution in [3.8, 4) is 34.1 Å². The first-order valence-electron chi connectivity index (χ1n) is 6.32. The van der Waals surface area contributed by atoms with Crippen molar-refractivity contribution in [2.75, 3.05) is 28.4 Å². The first-order valence-corrected chi connectivity index (χ1v) is 7.25. The number of hydrogen-bond acceptors (Lipinski definition) is 4. The number of methoxy groups -OCH3 is 4. The molecule has 0 aliphatic carbocycles. The van der Waals surface area contributed by atoms with Gasteiger partial charge < -0.3 is 0 Å². The standard InChI is InChI=1S/C16H18O4Se/c1-17-11-5-6-15(21)12(9-11)10-7-13(18-2)16(20-4)14(8-10)19-3/h5-9,21H,1-4H3. The molecule has 112 valence electrons. The predicted molar refractivity (Wildman–Crippen MR) is 84.9 cm³/mol. The van der Waals surface area contributed by atoms with Gasteiger partial charge in [-0.2, -0.15) is 0 Å². The summed E-state index contributed by atoms with van der Waals surface area (Å²) in [6, 6.07) is 9.75. The molecule has 0 amide bonds. The van der Waals surface area contributed by atoms with Gasteiger partial charge in [-0.25, -0.2) is 0 Å². The average molecular weight is 353 g/mol. The molecular formula is C16H18O4Se. The van der Waals surface area contributed by atoms with E-state index >= 15 is 0 Å². The van der Waals surface area contributed by atoms with E-state index in [-0.39, 0.29) is 0 Å². The molecule has 0 spiro atoms. The van der Waals surface area contributed by atoms with E-state index in [1.54, 1.807) is 28.4 Å². The summed E-state index contributed by atoms with van der Waals surface area (Å²) in [7, 11) is 6.46. The zero-order valence-electron chi connectivity index (χ0n) is 12.5. The molecular weight excluding hydrogens is 335 g/mol. The summed E-state index contributed by atoms with van der Waals surface area (Å²) in [5, 5.41) is 0. The van der Waals surface area contributed by atoms with E-state index in [1.165, 1.54) is 0 Å². The molecule has 2 rings (SSSR count). The second-order valence-electron chi connectivity index (χ2n) is 4.30. The van der Waals surface area contributed by atoms with E-state index in [0.717, 1.165) is 21.3 Å². The average Bonchev–Trinajstić information content (AvgIpc) is 2.53. The van der Waals surface area contributed by atoms with Gasteiger partial charge in [0.25, 0.3) is 0 Å². The third-order valence-corrected chi connectivity index (χ3v) is 4.00. The summed E-state index contributed by atoms with van der Waals surface area (Å²) in [5.41, 5.74) is 2.01. The summed E-state index contributed by atoms with van der Waals surface area (Å²) in [6.45, 7) is 0. The first kappa shape index (κ1) is 15.5. The van der Waals surface area contributed by atoms with Crippen LogP contribution >= 0.6 is 0 Å². The van der Waals surface area contributed by atoms with Crippen molar-refractivity contribution in [2.45, 2.75) is 0 Å². The molecule has 0 unspecified atom stereocenters. The summed E-state index contributed by atoms with van der Waals surface area (Å²) >= 11 is 2.55. The van der Waals surface area contributed by atoms with Crippen molar-refractivity contribution < 1.29 is 18.9 Å². The number of hydrogen-bond donors (Lipinski definition) is 0. The summed E-state index contributed by atoms with van der Waals surface area (Å²) in [5.74, 6) is 2.63. The van der Waals surface area contributed by atoms with Crippen LogP contribution in [0.25, 0.3) is 11.1 Å². The Morgan fingerprint density at radius 3 is 1.86 bits per heavy atom. The fraction of sp³-hybridized carbons (Fsp3) is 0.250. The van der Waals surface area contributed by atoms with Crippen LogP contribution < -0.4 is 23.4 Å². The van der Waals surface area contributed by atoms with E-state index in [9.17, 15) is 0 Å². The van der Waals surface area contributed by atoms with Gasteiger partial charge in [0.05, 0.1) is 0 Å².